The molecule has 4 aromatic carbocycles. The van der Waals surface area contributed by atoms with Crippen LogP contribution in [-0.2, 0) is 22.6 Å². The molecule has 0 aliphatic carbocycles. The number of ketones is 1. The monoisotopic (exact) mass is 500 g/mol. The van der Waals surface area contributed by atoms with Crippen molar-refractivity contribution >= 4 is 11.7 Å². The molecule has 2 fully saturated rings. The highest BCUT2D eigenvalue weighted by Crippen LogP contribution is 2.29. The van der Waals surface area contributed by atoms with E-state index in [-0.39, 0.29) is 23.7 Å². The Morgan fingerprint density at radius 2 is 1.13 bits per heavy atom. The first-order chi connectivity index (χ1) is 18.6. The number of piperazine rings is 1. The van der Waals surface area contributed by atoms with Crippen molar-refractivity contribution in [2.45, 2.75) is 25.4 Å². The van der Waals surface area contributed by atoms with Crippen molar-refractivity contribution in [2.75, 3.05) is 19.6 Å². The van der Waals surface area contributed by atoms with E-state index in [4.69, 9.17) is 0 Å². The summed E-state index contributed by atoms with van der Waals surface area (Å²) in [5.41, 5.74) is 7.08. The largest absolute Gasteiger partial charge is 0.330 e. The van der Waals surface area contributed by atoms with E-state index in [9.17, 15) is 9.59 Å². The maximum Gasteiger partial charge on any atom is 0.224 e. The highest BCUT2D eigenvalue weighted by Gasteiger charge is 2.43. The number of benzene rings is 4. The third kappa shape index (κ3) is 5.18. The molecule has 190 valence electrons. The molecule has 0 bridgehead atoms. The van der Waals surface area contributed by atoms with E-state index >= 15 is 0 Å². The number of amides is 1. The van der Waals surface area contributed by atoms with Gasteiger partial charge >= 0.3 is 0 Å². The summed E-state index contributed by atoms with van der Waals surface area (Å²) in [6.45, 7) is 2.80. The normalized spacial score (nSPS) is 19.8. The van der Waals surface area contributed by atoms with Gasteiger partial charge in [0.2, 0.25) is 5.91 Å². The molecule has 2 unspecified atom stereocenters. The number of nitrogens with zero attached hydrogens (tertiary/aromatic N) is 2. The predicted octanol–water partition coefficient (Wildman–Crippen LogP) is 5.87. The van der Waals surface area contributed by atoms with E-state index in [0.29, 0.717) is 25.9 Å². The highest BCUT2D eigenvalue weighted by atomic mass is 16.2. The Kier molecular flexibility index (Phi) is 6.89. The molecular formula is C34H32N2O2. The zero-order chi connectivity index (χ0) is 25.9. The van der Waals surface area contributed by atoms with Crippen LogP contribution >= 0.6 is 0 Å². The van der Waals surface area contributed by atoms with Gasteiger partial charge in [0.15, 0.2) is 5.78 Å². The van der Waals surface area contributed by atoms with Crippen molar-refractivity contribution in [1.82, 2.24) is 9.80 Å². The maximum atomic E-state index is 13.6. The molecule has 0 saturated carbocycles. The molecule has 0 radical (unpaired) electrons. The summed E-state index contributed by atoms with van der Waals surface area (Å²) in [5.74, 6) is 0.0738. The van der Waals surface area contributed by atoms with Crippen molar-refractivity contribution < 1.29 is 9.59 Å². The fourth-order valence-electron chi connectivity index (χ4n) is 5.84. The second kappa shape index (κ2) is 10.8. The molecule has 0 spiro atoms. The van der Waals surface area contributed by atoms with Crippen molar-refractivity contribution in [2.24, 2.45) is 5.92 Å². The van der Waals surface area contributed by atoms with Gasteiger partial charge in [-0.2, -0.15) is 0 Å². The number of piperidine rings is 1. The number of hydrogen-bond acceptors (Lipinski definition) is 3. The number of fused-ring (bicyclic) bond motifs is 1. The molecule has 4 heteroatoms. The van der Waals surface area contributed by atoms with E-state index in [1.165, 1.54) is 22.3 Å². The zero-order valence-electron chi connectivity index (χ0n) is 21.5. The molecule has 2 aliphatic rings. The lowest BCUT2D eigenvalue weighted by Gasteiger charge is -2.45. The van der Waals surface area contributed by atoms with Crippen molar-refractivity contribution in [1.29, 1.82) is 0 Å². The van der Waals surface area contributed by atoms with Crippen LogP contribution in [0.25, 0.3) is 22.3 Å². The highest BCUT2D eigenvalue weighted by molar-refractivity contribution is 5.97. The minimum atomic E-state index is -0.345. The van der Waals surface area contributed by atoms with Gasteiger partial charge in [-0.15, -0.1) is 0 Å². The Balaban J connectivity index is 1.10. The second-order valence-electron chi connectivity index (χ2n) is 10.5. The summed E-state index contributed by atoms with van der Waals surface area (Å²) in [6.07, 6.45) is 0.932. The lowest BCUT2D eigenvalue weighted by atomic mass is 9.83. The lowest BCUT2D eigenvalue weighted by Crippen LogP contribution is -2.62. The number of carbonyl (C=O) groups is 2. The van der Waals surface area contributed by atoms with Gasteiger partial charge in [0.05, 0.1) is 0 Å². The van der Waals surface area contributed by atoms with Crippen LogP contribution in [0.2, 0.25) is 0 Å². The third-order valence-electron chi connectivity index (χ3n) is 7.95. The van der Waals surface area contributed by atoms with Gasteiger partial charge < -0.3 is 4.90 Å². The summed E-state index contributed by atoms with van der Waals surface area (Å²) in [5, 5.41) is 0. The smallest absolute Gasteiger partial charge is 0.224 e. The first-order valence-electron chi connectivity index (χ1n) is 13.5. The van der Waals surface area contributed by atoms with Crippen molar-refractivity contribution in [3.63, 3.8) is 0 Å². The summed E-state index contributed by atoms with van der Waals surface area (Å²) >= 11 is 0. The zero-order valence-corrected chi connectivity index (χ0v) is 21.5. The van der Waals surface area contributed by atoms with Crippen LogP contribution in [0.15, 0.2) is 109 Å². The molecule has 2 heterocycles. The molecule has 6 rings (SSSR count). The Morgan fingerprint density at radius 1 is 0.605 bits per heavy atom. The van der Waals surface area contributed by atoms with Crippen LogP contribution in [0.5, 0.6) is 0 Å². The van der Waals surface area contributed by atoms with Crippen LogP contribution in [-0.4, -0.2) is 47.2 Å². The van der Waals surface area contributed by atoms with Crippen molar-refractivity contribution in [3.8, 4) is 22.3 Å². The molecule has 1 amide bonds. The first kappa shape index (κ1) is 24.3. The molecule has 0 N–H and O–H groups in total. The topological polar surface area (TPSA) is 40.6 Å². The number of Topliss-reactive ketones (excluding diaryl/α,β-unsaturated/α-hetero) is 1. The van der Waals surface area contributed by atoms with Gasteiger partial charge in [0.1, 0.15) is 6.04 Å². The van der Waals surface area contributed by atoms with Crippen LogP contribution in [0.3, 0.4) is 0 Å². The second-order valence-corrected chi connectivity index (χ2v) is 10.5. The van der Waals surface area contributed by atoms with Gasteiger partial charge in [0, 0.05) is 38.5 Å². The van der Waals surface area contributed by atoms with E-state index in [2.05, 4.69) is 89.8 Å². The minimum absolute atomic E-state index is 0.118. The molecule has 2 saturated heterocycles. The average molecular weight is 501 g/mol. The van der Waals surface area contributed by atoms with Gasteiger partial charge in [-0.3, -0.25) is 14.5 Å². The Bertz CT molecular complexity index is 1400. The third-order valence-corrected chi connectivity index (χ3v) is 7.95. The first-order valence-corrected chi connectivity index (χ1v) is 13.5. The van der Waals surface area contributed by atoms with Crippen LogP contribution in [0.1, 0.15) is 17.5 Å². The summed E-state index contributed by atoms with van der Waals surface area (Å²) in [6, 6.07) is 37.4. The molecule has 4 nitrogen and oxygen atoms in total. The summed E-state index contributed by atoms with van der Waals surface area (Å²) in [4.78, 5) is 30.7. The maximum absolute atomic E-state index is 13.6. The predicted molar refractivity (Wildman–Crippen MR) is 151 cm³/mol. The van der Waals surface area contributed by atoms with Crippen molar-refractivity contribution in [3.05, 3.63) is 120 Å². The van der Waals surface area contributed by atoms with Gasteiger partial charge in [-0.25, -0.2) is 0 Å². The van der Waals surface area contributed by atoms with E-state index in [0.717, 1.165) is 24.2 Å². The molecule has 4 aromatic rings. The SMILES string of the molecule is O=C1C(Cc2ccc(-c3ccccc3)cc2)CC(=O)N2CCN(Cc3ccc(-c4ccccc4)cc3)CC12. The van der Waals surface area contributed by atoms with Gasteiger partial charge in [-0.1, -0.05) is 109 Å². The molecule has 2 atom stereocenters. The standard InChI is InChI=1S/C34H32N2O2/c37-33-22-31(21-25-11-15-29(16-12-25)27-7-3-1-4-8-27)34(38)32-24-35(19-20-36(32)33)23-26-13-17-30(18-14-26)28-9-5-2-6-10-28/h1-18,31-32H,19-24H2. The van der Waals surface area contributed by atoms with Gasteiger partial charge in [-0.05, 0) is 39.8 Å². The van der Waals surface area contributed by atoms with Crippen LogP contribution < -0.4 is 0 Å². The average Bonchev–Trinajstić information content (AvgIpc) is 2.97. The Hall–Kier alpha value is -4.02. The molecular weight excluding hydrogens is 468 g/mol. The number of rotatable bonds is 6. The minimum Gasteiger partial charge on any atom is -0.330 e. The van der Waals surface area contributed by atoms with Crippen LogP contribution in [0, 0.1) is 5.92 Å². The quantitative estimate of drug-likeness (QED) is 0.333. The van der Waals surface area contributed by atoms with E-state index in [1.807, 2.05) is 29.2 Å². The fraction of sp³-hybridized carbons (Fsp3) is 0.235. The van der Waals surface area contributed by atoms with Gasteiger partial charge in [0.25, 0.3) is 0 Å². The summed E-state index contributed by atoms with van der Waals surface area (Å²) in [7, 11) is 0. The van der Waals surface area contributed by atoms with E-state index in [1.54, 1.807) is 0 Å². The molecule has 0 aromatic heterocycles. The van der Waals surface area contributed by atoms with E-state index < -0.39 is 0 Å². The Morgan fingerprint density at radius 3 is 1.71 bits per heavy atom. The number of hydrogen-bond donors (Lipinski definition) is 0. The molecule has 2 aliphatic heterocycles. The number of carbonyl (C=O) groups excluding carboxylic acids is 2. The fourth-order valence-corrected chi connectivity index (χ4v) is 5.84. The lowest BCUT2D eigenvalue weighted by molar-refractivity contribution is -0.152. The Labute approximate surface area is 224 Å². The summed E-state index contributed by atoms with van der Waals surface area (Å²) < 4.78 is 0. The molecule has 38 heavy (non-hydrogen) atoms. The van der Waals surface area contributed by atoms with Crippen LogP contribution in [0.4, 0.5) is 0 Å².